The van der Waals surface area contributed by atoms with Gasteiger partial charge in [-0.3, -0.25) is 0 Å². The standard InChI is InChI=1S/C4H6.C3H9N/c1-3-4-2;1-4(2)3/h1-2H3;1-3H3. The second-order valence-corrected chi connectivity index (χ2v) is 1.84. The van der Waals surface area contributed by atoms with Crippen molar-refractivity contribution in [1.29, 1.82) is 0 Å². The molecule has 0 rings (SSSR count). The van der Waals surface area contributed by atoms with Crippen molar-refractivity contribution in [1.82, 2.24) is 4.90 Å². The Morgan fingerprint density at radius 3 is 1.00 bits per heavy atom. The molecule has 8 heavy (non-hydrogen) atoms. The Hall–Kier alpha value is -0.480. The van der Waals surface area contributed by atoms with Crippen molar-refractivity contribution in [2.75, 3.05) is 21.1 Å². The lowest BCUT2D eigenvalue weighted by molar-refractivity contribution is 0.505. The van der Waals surface area contributed by atoms with E-state index in [-0.39, 0.29) is 0 Å². The molecule has 0 aromatic heterocycles. The fraction of sp³-hybridized carbons (Fsp3) is 0.714. The molecule has 0 bridgehead atoms. The van der Waals surface area contributed by atoms with Gasteiger partial charge >= 0.3 is 0 Å². The Balaban J connectivity index is 0. The molecular formula is C7H15N. The molecular weight excluding hydrogens is 98.1 g/mol. The molecule has 0 amide bonds. The van der Waals surface area contributed by atoms with Crippen molar-refractivity contribution in [3.8, 4) is 11.8 Å². The van der Waals surface area contributed by atoms with Gasteiger partial charge in [-0.1, -0.05) is 0 Å². The van der Waals surface area contributed by atoms with Gasteiger partial charge in [0, 0.05) is 0 Å². The molecule has 0 radical (unpaired) electrons. The van der Waals surface area contributed by atoms with Crippen LogP contribution >= 0.6 is 0 Å². The highest BCUT2D eigenvalue weighted by molar-refractivity contribution is 4.89. The van der Waals surface area contributed by atoms with Gasteiger partial charge in [-0.05, 0) is 35.0 Å². The first-order valence-electron chi connectivity index (χ1n) is 2.59. The molecule has 0 aliphatic heterocycles. The first-order valence-corrected chi connectivity index (χ1v) is 2.59. The predicted octanol–water partition coefficient (Wildman–Crippen LogP) is 1.21. The van der Waals surface area contributed by atoms with Crippen LogP contribution in [0.15, 0.2) is 0 Å². The van der Waals surface area contributed by atoms with Crippen LogP contribution in [0.4, 0.5) is 0 Å². The predicted molar refractivity (Wildman–Crippen MR) is 38.7 cm³/mol. The lowest BCUT2D eigenvalue weighted by Crippen LogP contribution is -1.99. The van der Waals surface area contributed by atoms with Crippen molar-refractivity contribution in [3.63, 3.8) is 0 Å². The highest BCUT2D eigenvalue weighted by atomic mass is 15.0. The molecule has 0 aromatic rings. The Morgan fingerprint density at radius 1 is 0.875 bits per heavy atom. The lowest BCUT2D eigenvalue weighted by atomic mass is 10.7. The molecule has 0 aliphatic rings. The van der Waals surface area contributed by atoms with Crippen molar-refractivity contribution in [2.45, 2.75) is 13.8 Å². The molecule has 0 saturated heterocycles. The molecule has 0 fully saturated rings. The van der Waals surface area contributed by atoms with Crippen molar-refractivity contribution in [3.05, 3.63) is 0 Å². The van der Waals surface area contributed by atoms with Crippen molar-refractivity contribution >= 4 is 0 Å². The van der Waals surface area contributed by atoms with Crippen LogP contribution in [0, 0.1) is 11.8 Å². The molecule has 1 heteroatoms. The molecule has 0 heterocycles. The van der Waals surface area contributed by atoms with Gasteiger partial charge in [0.25, 0.3) is 0 Å². The van der Waals surface area contributed by atoms with E-state index < -0.39 is 0 Å². The third-order valence-corrected chi connectivity index (χ3v) is 0.250. The molecule has 0 atom stereocenters. The van der Waals surface area contributed by atoms with E-state index in [0.717, 1.165) is 0 Å². The van der Waals surface area contributed by atoms with E-state index in [1.54, 1.807) is 0 Å². The fourth-order valence-electron chi connectivity index (χ4n) is 0. The van der Waals surface area contributed by atoms with Crippen molar-refractivity contribution in [2.24, 2.45) is 0 Å². The van der Waals surface area contributed by atoms with Gasteiger partial charge in [-0.25, -0.2) is 0 Å². The van der Waals surface area contributed by atoms with Crippen LogP contribution in [0.1, 0.15) is 13.8 Å². The van der Waals surface area contributed by atoms with Crippen LogP contribution < -0.4 is 0 Å². The molecule has 0 saturated carbocycles. The maximum Gasteiger partial charge on any atom is -0.00271 e. The quantitative estimate of drug-likeness (QED) is 0.427. The largest absolute Gasteiger partial charge is 0.312 e. The van der Waals surface area contributed by atoms with Gasteiger partial charge in [0.05, 0.1) is 0 Å². The van der Waals surface area contributed by atoms with Gasteiger partial charge in [0.15, 0.2) is 0 Å². The molecule has 0 aromatic carbocycles. The van der Waals surface area contributed by atoms with E-state index in [4.69, 9.17) is 0 Å². The zero-order valence-corrected chi connectivity index (χ0v) is 6.45. The van der Waals surface area contributed by atoms with Gasteiger partial charge in [-0.15, -0.1) is 11.8 Å². The van der Waals surface area contributed by atoms with Crippen LogP contribution in [0.25, 0.3) is 0 Å². The summed E-state index contributed by atoms with van der Waals surface area (Å²) in [4.78, 5) is 2.00. The lowest BCUT2D eigenvalue weighted by Gasteiger charge is -1.90. The summed E-state index contributed by atoms with van der Waals surface area (Å²) in [7, 11) is 6.00. The van der Waals surface area contributed by atoms with E-state index in [0.29, 0.717) is 0 Å². The minimum Gasteiger partial charge on any atom is -0.312 e. The first-order chi connectivity index (χ1) is 3.65. The Labute approximate surface area is 52.7 Å². The Bertz CT molecular complexity index is 65.4. The Morgan fingerprint density at radius 2 is 1.00 bits per heavy atom. The second kappa shape index (κ2) is 9.72. The maximum absolute atomic E-state index is 2.68. The third-order valence-electron chi connectivity index (χ3n) is 0.250. The van der Waals surface area contributed by atoms with E-state index >= 15 is 0 Å². The zero-order chi connectivity index (χ0) is 6.99. The maximum atomic E-state index is 2.68. The number of hydrogen-bond donors (Lipinski definition) is 0. The molecule has 1 nitrogen and oxygen atoms in total. The van der Waals surface area contributed by atoms with E-state index in [2.05, 4.69) is 11.8 Å². The van der Waals surface area contributed by atoms with Gasteiger partial charge < -0.3 is 4.90 Å². The third kappa shape index (κ3) is 417. The molecule has 0 N–H and O–H groups in total. The molecule has 48 valence electrons. The van der Waals surface area contributed by atoms with E-state index in [1.807, 2.05) is 39.9 Å². The van der Waals surface area contributed by atoms with Gasteiger partial charge in [0.2, 0.25) is 0 Å². The summed E-state index contributed by atoms with van der Waals surface area (Å²) < 4.78 is 0. The van der Waals surface area contributed by atoms with Gasteiger partial charge in [-0.2, -0.15) is 0 Å². The van der Waals surface area contributed by atoms with Crippen LogP contribution in [0.3, 0.4) is 0 Å². The van der Waals surface area contributed by atoms with Crippen LogP contribution in [-0.2, 0) is 0 Å². The highest BCUT2D eigenvalue weighted by Gasteiger charge is 1.58. The monoisotopic (exact) mass is 113 g/mol. The van der Waals surface area contributed by atoms with Crippen molar-refractivity contribution < 1.29 is 0 Å². The normalized spacial score (nSPS) is 6.25. The van der Waals surface area contributed by atoms with E-state index in [9.17, 15) is 0 Å². The van der Waals surface area contributed by atoms with E-state index in [1.165, 1.54) is 0 Å². The molecule has 0 spiro atoms. The second-order valence-electron chi connectivity index (χ2n) is 1.84. The summed E-state index contributed by atoms with van der Waals surface area (Å²) in [6.07, 6.45) is 0. The van der Waals surface area contributed by atoms with Crippen LogP contribution in [-0.4, -0.2) is 26.0 Å². The SMILES string of the molecule is CC#CC.CN(C)C. The number of nitrogens with zero attached hydrogens (tertiary/aromatic N) is 1. The summed E-state index contributed by atoms with van der Waals surface area (Å²) >= 11 is 0. The van der Waals surface area contributed by atoms with Gasteiger partial charge in [0.1, 0.15) is 0 Å². The van der Waals surface area contributed by atoms with Crippen LogP contribution in [0.2, 0.25) is 0 Å². The fourth-order valence-corrected chi connectivity index (χ4v) is 0. The summed E-state index contributed by atoms with van der Waals surface area (Å²) in [6.45, 7) is 3.64. The average molecular weight is 113 g/mol. The molecule has 0 unspecified atom stereocenters. The summed E-state index contributed by atoms with van der Waals surface area (Å²) in [5.74, 6) is 5.36. The minimum atomic E-state index is 1.82. The Kier molecular flexibility index (Phi) is 12.8. The average Bonchev–Trinajstić information content (AvgIpc) is 1.65. The summed E-state index contributed by atoms with van der Waals surface area (Å²) in [5, 5.41) is 0. The molecule has 0 aliphatic carbocycles. The number of rotatable bonds is 0. The minimum absolute atomic E-state index is 1.82. The van der Waals surface area contributed by atoms with Crippen LogP contribution in [0.5, 0.6) is 0 Å². The first kappa shape index (κ1) is 10.5. The number of hydrogen-bond acceptors (Lipinski definition) is 1. The topological polar surface area (TPSA) is 3.24 Å². The highest BCUT2D eigenvalue weighted by Crippen LogP contribution is 1.47. The zero-order valence-electron chi connectivity index (χ0n) is 6.45. The smallest absolute Gasteiger partial charge is 0.00271 e. The summed E-state index contributed by atoms with van der Waals surface area (Å²) in [6, 6.07) is 0. The summed E-state index contributed by atoms with van der Waals surface area (Å²) in [5.41, 5.74) is 0.